The van der Waals surface area contributed by atoms with Crippen LogP contribution < -0.4 is 15.0 Å². The molecule has 0 bridgehead atoms. The van der Waals surface area contributed by atoms with Gasteiger partial charge < -0.3 is 19.9 Å². The molecule has 24 heavy (non-hydrogen) atoms. The Morgan fingerprint density at radius 3 is 2.67 bits per heavy atom. The fraction of sp³-hybridized carbons (Fsp3) is 0.333. The van der Waals surface area contributed by atoms with E-state index in [2.05, 4.69) is 27.1 Å². The summed E-state index contributed by atoms with van der Waals surface area (Å²) in [6.07, 6.45) is 3.19. The predicted molar refractivity (Wildman–Crippen MR) is 94.9 cm³/mol. The predicted octanol–water partition coefficient (Wildman–Crippen LogP) is 2.09. The van der Waals surface area contributed by atoms with Crippen LogP contribution >= 0.6 is 0 Å². The highest BCUT2D eigenvalue weighted by atomic mass is 16.5. The number of carbonyl (C=O) groups is 1. The lowest BCUT2D eigenvalue weighted by atomic mass is 10.2. The van der Waals surface area contributed by atoms with Crippen LogP contribution in [0.3, 0.4) is 0 Å². The van der Waals surface area contributed by atoms with Crippen molar-refractivity contribution in [2.24, 2.45) is 0 Å². The summed E-state index contributed by atoms with van der Waals surface area (Å²) in [7, 11) is 3.73. The molecule has 0 spiro atoms. The minimum absolute atomic E-state index is 0.197. The molecule has 0 radical (unpaired) electrons. The van der Waals surface area contributed by atoms with Crippen molar-refractivity contribution < 1.29 is 9.53 Å². The molecule has 1 aromatic heterocycles. The van der Waals surface area contributed by atoms with Crippen molar-refractivity contribution in [3.63, 3.8) is 0 Å². The van der Waals surface area contributed by atoms with E-state index in [-0.39, 0.29) is 5.91 Å². The van der Waals surface area contributed by atoms with Gasteiger partial charge in [-0.05, 0) is 37.4 Å². The number of pyridine rings is 1. The number of aromatic nitrogens is 1. The Labute approximate surface area is 142 Å². The molecule has 126 valence electrons. The molecule has 1 aliphatic heterocycles. The molecule has 0 saturated carbocycles. The molecule has 1 N–H and O–H groups in total. The van der Waals surface area contributed by atoms with Gasteiger partial charge in [-0.15, -0.1) is 0 Å². The van der Waals surface area contributed by atoms with E-state index in [9.17, 15) is 4.79 Å². The summed E-state index contributed by atoms with van der Waals surface area (Å²) in [5.74, 6) is 0.446. The number of methoxy groups -OCH3 is 1. The normalized spacial score (nSPS) is 15.2. The van der Waals surface area contributed by atoms with Crippen LogP contribution in [0.25, 0.3) is 0 Å². The molecule has 1 amide bonds. The van der Waals surface area contributed by atoms with Crippen LogP contribution in [-0.4, -0.2) is 56.1 Å². The second kappa shape index (κ2) is 7.31. The Bertz CT molecular complexity index is 697. The van der Waals surface area contributed by atoms with E-state index < -0.39 is 0 Å². The van der Waals surface area contributed by atoms with Gasteiger partial charge in [-0.1, -0.05) is 0 Å². The molecular formula is C18H22N4O2. The van der Waals surface area contributed by atoms with Gasteiger partial charge in [0.1, 0.15) is 5.75 Å². The van der Waals surface area contributed by atoms with Gasteiger partial charge >= 0.3 is 0 Å². The van der Waals surface area contributed by atoms with Gasteiger partial charge in [-0.2, -0.15) is 0 Å². The molecule has 1 aliphatic rings. The maximum Gasteiger partial charge on any atom is 0.257 e. The summed E-state index contributed by atoms with van der Waals surface area (Å²) in [4.78, 5) is 21.0. The van der Waals surface area contributed by atoms with Gasteiger partial charge in [0.2, 0.25) is 0 Å². The summed E-state index contributed by atoms with van der Waals surface area (Å²) in [6, 6.07) is 9.38. The van der Waals surface area contributed by atoms with Crippen LogP contribution in [0.15, 0.2) is 42.7 Å². The molecule has 0 atom stereocenters. The van der Waals surface area contributed by atoms with Crippen LogP contribution in [-0.2, 0) is 0 Å². The Balaban J connectivity index is 1.81. The number of hydrogen-bond acceptors (Lipinski definition) is 5. The first-order valence-corrected chi connectivity index (χ1v) is 8.00. The van der Waals surface area contributed by atoms with Crippen molar-refractivity contribution in [1.29, 1.82) is 0 Å². The second-order valence-electron chi connectivity index (χ2n) is 5.87. The number of amides is 1. The van der Waals surface area contributed by atoms with E-state index in [1.54, 1.807) is 31.6 Å². The topological polar surface area (TPSA) is 57.7 Å². The lowest BCUT2D eigenvalue weighted by Crippen LogP contribution is -2.44. The number of benzene rings is 1. The van der Waals surface area contributed by atoms with Crippen LogP contribution in [0.2, 0.25) is 0 Å². The van der Waals surface area contributed by atoms with E-state index in [0.29, 0.717) is 17.0 Å². The lowest BCUT2D eigenvalue weighted by Gasteiger charge is -2.34. The fourth-order valence-corrected chi connectivity index (χ4v) is 2.75. The van der Waals surface area contributed by atoms with E-state index in [1.165, 1.54) is 0 Å². The Hall–Kier alpha value is -2.60. The number of piperazine rings is 1. The van der Waals surface area contributed by atoms with Crippen molar-refractivity contribution in [2.75, 3.05) is 50.6 Å². The highest BCUT2D eigenvalue weighted by molar-refractivity contribution is 6.05. The van der Waals surface area contributed by atoms with Crippen molar-refractivity contribution in [1.82, 2.24) is 9.88 Å². The van der Waals surface area contributed by atoms with Crippen LogP contribution in [0.5, 0.6) is 5.75 Å². The summed E-state index contributed by atoms with van der Waals surface area (Å²) >= 11 is 0. The number of hydrogen-bond donors (Lipinski definition) is 1. The highest BCUT2D eigenvalue weighted by Gasteiger charge is 2.17. The quantitative estimate of drug-likeness (QED) is 0.932. The molecule has 2 aromatic rings. The van der Waals surface area contributed by atoms with Crippen molar-refractivity contribution in [3.05, 3.63) is 48.3 Å². The maximum absolute atomic E-state index is 12.4. The number of ether oxygens (including phenoxy) is 1. The van der Waals surface area contributed by atoms with E-state index in [0.717, 1.165) is 31.9 Å². The molecule has 1 fully saturated rings. The maximum atomic E-state index is 12.4. The largest absolute Gasteiger partial charge is 0.495 e. The Morgan fingerprint density at radius 2 is 2.00 bits per heavy atom. The molecular weight excluding hydrogens is 304 g/mol. The third-order valence-corrected chi connectivity index (χ3v) is 4.22. The summed E-state index contributed by atoms with van der Waals surface area (Å²) in [5, 5.41) is 2.92. The zero-order valence-electron chi connectivity index (χ0n) is 14.0. The summed E-state index contributed by atoms with van der Waals surface area (Å²) in [5.41, 5.74) is 2.28. The fourth-order valence-electron chi connectivity index (χ4n) is 2.75. The first-order valence-electron chi connectivity index (χ1n) is 8.00. The third kappa shape index (κ3) is 3.65. The van der Waals surface area contributed by atoms with Crippen LogP contribution in [0, 0.1) is 0 Å². The van der Waals surface area contributed by atoms with Gasteiger partial charge in [0.15, 0.2) is 0 Å². The zero-order chi connectivity index (χ0) is 16.9. The first kappa shape index (κ1) is 16.3. The Morgan fingerprint density at radius 1 is 1.21 bits per heavy atom. The molecule has 0 aliphatic carbocycles. The minimum Gasteiger partial charge on any atom is -0.495 e. The Kier molecular flexibility index (Phi) is 4.96. The molecule has 3 rings (SSSR count). The van der Waals surface area contributed by atoms with Crippen molar-refractivity contribution in [2.45, 2.75) is 0 Å². The van der Waals surface area contributed by atoms with E-state index >= 15 is 0 Å². The van der Waals surface area contributed by atoms with E-state index in [4.69, 9.17) is 4.74 Å². The number of nitrogens with zero attached hydrogens (tertiary/aromatic N) is 3. The minimum atomic E-state index is -0.197. The average molecular weight is 326 g/mol. The third-order valence-electron chi connectivity index (χ3n) is 4.22. The van der Waals surface area contributed by atoms with Crippen molar-refractivity contribution >= 4 is 17.3 Å². The smallest absolute Gasteiger partial charge is 0.257 e. The van der Waals surface area contributed by atoms with Crippen LogP contribution in [0.1, 0.15) is 10.4 Å². The standard InChI is InChI=1S/C18H22N4O2/c1-21-8-10-22(11-9-21)15-5-6-17(24-2)16(12-15)20-18(23)14-4-3-7-19-13-14/h3-7,12-13H,8-11H2,1-2H3,(H,20,23). The van der Waals surface area contributed by atoms with Gasteiger partial charge in [-0.3, -0.25) is 9.78 Å². The van der Waals surface area contributed by atoms with E-state index in [1.807, 2.05) is 18.2 Å². The zero-order valence-corrected chi connectivity index (χ0v) is 14.0. The molecule has 6 heteroatoms. The second-order valence-corrected chi connectivity index (χ2v) is 5.87. The number of anilines is 2. The van der Waals surface area contributed by atoms with Gasteiger partial charge in [-0.25, -0.2) is 0 Å². The average Bonchev–Trinajstić information content (AvgIpc) is 2.63. The van der Waals surface area contributed by atoms with Crippen molar-refractivity contribution in [3.8, 4) is 5.75 Å². The van der Waals surface area contributed by atoms with Gasteiger partial charge in [0.05, 0.1) is 18.4 Å². The molecule has 2 heterocycles. The summed E-state index contributed by atoms with van der Waals surface area (Å²) in [6.45, 7) is 4.00. The lowest BCUT2D eigenvalue weighted by molar-refractivity contribution is 0.102. The number of rotatable bonds is 4. The number of nitrogens with one attached hydrogen (secondary N) is 1. The number of likely N-dealkylation sites (N-methyl/N-ethyl adjacent to an activating group) is 1. The highest BCUT2D eigenvalue weighted by Crippen LogP contribution is 2.30. The monoisotopic (exact) mass is 326 g/mol. The molecule has 6 nitrogen and oxygen atoms in total. The van der Waals surface area contributed by atoms with Gasteiger partial charge in [0, 0.05) is 44.3 Å². The molecule has 0 unspecified atom stereocenters. The molecule has 1 saturated heterocycles. The van der Waals surface area contributed by atoms with Gasteiger partial charge in [0.25, 0.3) is 5.91 Å². The van der Waals surface area contributed by atoms with Crippen LogP contribution in [0.4, 0.5) is 11.4 Å². The molecule has 1 aromatic carbocycles. The first-order chi connectivity index (χ1) is 11.7. The summed E-state index contributed by atoms with van der Waals surface area (Å²) < 4.78 is 5.38. The number of carbonyl (C=O) groups excluding carboxylic acids is 1. The SMILES string of the molecule is COc1ccc(N2CCN(C)CC2)cc1NC(=O)c1cccnc1.